The Morgan fingerprint density at radius 3 is 0.882 bits per heavy atom. The van der Waals surface area contributed by atoms with E-state index in [1.165, 1.54) is 119 Å². The first-order chi connectivity index (χ1) is 65.3. The van der Waals surface area contributed by atoms with E-state index in [9.17, 15) is 82.1 Å². The summed E-state index contributed by atoms with van der Waals surface area (Å²) in [6.07, 6.45) is 17.5. The van der Waals surface area contributed by atoms with Crippen molar-refractivity contribution in [3.8, 4) is 87.6 Å². The van der Waals surface area contributed by atoms with Gasteiger partial charge in [0.1, 0.15) is 11.6 Å². The van der Waals surface area contributed by atoms with Crippen LogP contribution in [0.3, 0.4) is 0 Å². The molecule has 31 heteroatoms. The lowest BCUT2D eigenvalue weighted by Gasteiger charge is -2.15. The second-order valence-electron chi connectivity index (χ2n) is 33.8. The minimum absolute atomic E-state index is 0.0142. The van der Waals surface area contributed by atoms with Gasteiger partial charge in [-0.15, -0.1) is 0 Å². The molecule has 688 valence electrons. The number of sulfone groups is 4. The number of carbonyl (C=O) groups is 4. The number of aromatic nitrogens is 5. The molecule has 0 aliphatic heterocycles. The molecule has 5 heterocycles. The average molecular weight is 1970 g/mol. The van der Waals surface area contributed by atoms with Gasteiger partial charge < -0.3 is 20.4 Å². The number of hydrogen-bond donors (Lipinski definition) is 4. The van der Waals surface area contributed by atoms with Crippen LogP contribution in [0.5, 0.6) is 0 Å². The van der Waals surface area contributed by atoms with Crippen LogP contribution in [0.2, 0.25) is 0 Å². The number of hydrogen-bond acceptors (Lipinski definition) is 21. The van der Waals surface area contributed by atoms with Gasteiger partial charge in [0.25, 0.3) is 0 Å². The number of aromatic carboxylic acids is 4. The number of pyridine rings is 1. The summed E-state index contributed by atoms with van der Waals surface area (Å²) in [6.45, 7) is 3.93. The Morgan fingerprint density at radius 1 is 0.294 bits per heavy atom. The van der Waals surface area contributed by atoms with Crippen molar-refractivity contribution >= 4 is 109 Å². The van der Waals surface area contributed by atoms with Crippen LogP contribution in [0.4, 0.5) is 8.78 Å². The molecule has 4 saturated carbocycles. The molecule has 4 aliphatic carbocycles. The van der Waals surface area contributed by atoms with Crippen molar-refractivity contribution in [1.29, 1.82) is 0 Å². The Balaban J connectivity index is 0.000000126. The Hall–Kier alpha value is -13.4. The van der Waals surface area contributed by atoms with E-state index in [2.05, 4.69) is 22.5 Å². The third-order valence-electron chi connectivity index (χ3n) is 24.2. The van der Waals surface area contributed by atoms with Crippen molar-refractivity contribution in [2.24, 2.45) is 0 Å². The molecule has 11 aromatic carbocycles. The third kappa shape index (κ3) is 21.9. The van der Waals surface area contributed by atoms with Crippen LogP contribution in [0.15, 0.2) is 305 Å². The lowest BCUT2D eigenvalue weighted by Crippen LogP contribution is -2.11. The standard InChI is InChI=1S/C27H22FNO4S2.C26H20FNO4S2.C26H22N2O4S2.C26H21NO4S2/c1-16-25(14-29-34-16)19-7-9-23(18-3-2-4-22(28)12-18)21(11-19)15-35(32,33)26-13-20(27(30)31)8-10-24(26)17-5-6-17;27-21-3-1-2-17(13-21)22-8-6-18(24-10-11-28-33-24)12-20(22)15-34(31,32)25-14-19(26(29)30)7-9-23(25)16-4-5-16;1-16-24(14-28-33-16)18-6-8-22(20-3-2-10-27-13-20)21(11-18)15-34(31,32)25-12-19(26(29)30)7-9-23(25)17-4-5-17;28-26(29)20-9-11-23(18-6-7-18)25(15-20)33(30,31)16-21-14-19(24-12-13-27-32-24)8-10-22(21)17-4-2-1-3-5-17/h2-4,7-14,17H,5-6,15H2,1H3,(H,30,31);1-3,6-14,16H,4-5,15H2,(H,29,30);2-3,6-14,17H,4-5,15H2,1H3,(H,29,30);1-5,8-15,18H,6-7,16H2,(H,28,29). The minimum atomic E-state index is -3.91. The number of rotatable bonds is 28. The number of nitrogens with zero attached hydrogens (tertiary/aromatic N) is 5. The second-order valence-corrected chi connectivity index (χ2v) is 45.3. The van der Waals surface area contributed by atoms with Crippen LogP contribution >= 0.6 is 46.1 Å². The SMILES string of the molecule is Cc1sncc1-c1ccc(-c2cccc(F)c2)c(CS(=O)(=O)c2cc(C(=O)O)ccc2C2CC2)c1.Cc1sncc1-c1ccc(-c2cccnc2)c(CS(=O)(=O)c2cc(C(=O)O)ccc2C2CC2)c1.O=C(O)c1ccc(C2CC2)c(S(=O)(=O)Cc2cc(-c3ccns3)ccc2-c2cccc(F)c2)c1.O=C(O)c1ccc(C2CC2)c(S(=O)(=O)Cc2cc(-c3ccns3)ccc2-c2ccccc2)c1. The first-order valence-corrected chi connectivity index (χ1v) is 53.1. The Morgan fingerprint density at radius 2 is 0.596 bits per heavy atom. The number of halogens is 2. The van der Waals surface area contributed by atoms with E-state index in [0.717, 1.165) is 132 Å². The van der Waals surface area contributed by atoms with Gasteiger partial charge >= 0.3 is 23.9 Å². The molecule has 0 atom stereocenters. The van der Waals surface area contributed by atoms with E-state index in [4.69, 9.17) is 0 Å². The maximum absolute atomic E-state index is 14.0. The summed E-state index contributed by atoms with van der Waals surface area (Å²) in [5.74, 6) is -6.01. The normalized spacial score (nSPS) is 13.7. The Labute approximate surface area is 800 Å². The van der Waals surface area contributed by atoms with Crippen LogP contribution < -0.4 is 0 Å². The van der Waals surface area contributed by atoms with E-state index in [1.54, 1.807) is 97.8 Å². The molecule has 0 saturated heterocycles. The smallest absolute Gasteiger partial charge is 0.335 e. The average Bonchev–Trinajstić information content (AvgIpc) is 1.60. The number of carboxylic acids is 4. The van der Waals surface area contributed by atoms with Gasteiger partial charge in [-0.3, -0.25) is 4.98 Å². The highest BCUT2D eigenvalue weighted by Crippen LogP contribution is 2.50. The predicted octanol–water partition coefficient (Wildman–Crippen LogP) is 24.4. The van der Waals surface area contributed by atoms with E-state index >= 15 is 0 Å². The second kappa shape index (κ2) is 39.9. The predicted molar refractivity (Wildman–Crippen MR) is 524 cm³/mol. The van der Waals surface area contributed by atoms with Crippen molar-refractivity contribution in [3.05, 3.63) is 374 Å². The van der Waals surface area contributed by atoms with Gasteiger partial charge in [-0.25, -0.2) is 79.1 Å². The highest BCUT2D eigenvalue weighted by molar-refractivity contribution is 7.91. The quantitative estimate of drug-likeness (QED) is 0.0354. The van der Waals surface area contributed by atoms with Gasteiger partial charge in [0, 0.05) is 63.6 Å². The fraction of sp³-hybridized carbons (Fsp3) is 0.171. The first kappa shape index (κ1) is 94.4. The van der Waals surface area contributed by atoms with E-state index in [0.29, 0.717) is 61.2 Å². The molecular formula is C105H85F2N5O16S8. The van der Waals surface area contributed by atoms with Gasteiger partial charge in [-0.05, 0) is 356 Å². The zero-order chi connectivity index (χ0) is 95.5. The summed E-state index contributed by atoms with van der Waals surface area (Å²) in [7, 11) is -15.4. The van der Waals surface area contributed by atoms with Gasteiger partial charge in [-0.1, -0.05) is 133 Å². The van der Waals surface area contributed by atoms with E-state index in [-0.39, 0.29) is 88.5 Å². The maximum atomic E-state index is 14.0. The molecule has 0 radical (unpaired) electrons. The Bertz CT molecular complexity index is 7690. The van der Waals surface area contributed by atoms with Crippen molar-refractivity contribution in [1.82, 2.24) is 22.5 Å². The molecule has 0 spiro atoms. The van der Waals surface area contributed by atoms with Crippen LogP contribution in [-0.2, 0) is 62.4 Å². The highest BCUT2D eigenvalue weighted by Gasteiger charge is 2.37. The van der Waals surface area contributed by atoms with Crippen LogP contribution in [-0.4, -0.2) is 100 Å². The topological polar surface area (TPSA) is 350 Å². The lowest BCUT2D eigenvalue weighted by atomic mass is 9.96. The van der Waals surface area contributed by atoms with E-state index < -0.39 is 74.9 Å². The van der Waals surface area contributed by atoms with Crippen molar-refractivity contribution in [2.45, 2.75) is 131 Å². The number of carboxylic acid groups (broad SMARTS) is 4. The molecule has 0 amide bonds. The summed E-state index contributed by atoms with van der Waals surface area (Å²) in [6, 6.07) is 69.4. The summed E-state index contributed by atoms with van der Waals surface area (Å²) >= 11 is 5.41. The van der Waals surface area contributed by atoms with Gasteiger partial charge in [-0.2, -0.15) is 0 Å². The van der Waals surface area contributed by atoms with Gasteiger partial charge in [0.05, 0.1) is 74.6 Å². The molecule has 21 nitrogen and oxygen atoms in total. The minimum Gasteiger partial charge on any atom is -0.478 e. The summed E-state index contributed by atoms with van der Waals surface area (Å²) in [5, 5.41) is 37.8. The van der Waals surface area contributed by atoms with Crippen molar-refractivity contribution in [2.75, 3.05) is 0 Å². The summed E-state index contributed by atoms with van der Waals surface area (Å²) < 4.78 is 155. The van der Waals surface area contributed by atoms with Crippen molar-refractivity contribution in [3.63, 3.8) is 0 Å². The fourth-order valence-electron chi connectivity index (χ4n) is 16.8. The highest BCUT2D eigenvalue weighted by atomic mass is 32.2. The molecule has 20 rings (SSSR count). The lowest BCUT2D eigenvalue weighted by molar-refractivity contribution is 0.0685. The van der Waals surface area contributed by atoms with Crippen molar-refractivity contribution < 1.29 is 82.1 Å². The molecule has 4 N–H and O–H groups in total. The number of aryl methyl sites for hydroxylation is 2. The third-order valence-corrected chi connectivity index (χ3v) is 34.0. The van der Waals surface area contributed by atoms with Crippen LogP contribution in [0.1, 0.15) is 171 Å². The molecule has 4 aliphatic rings. The number of benzene rings is 11. The maximum Gasteiger partial charge on any atom is 0.335 e. The summed E-state index contributed by atoms with van der Waals surface area (Å²) in [5.41, 5.74) is 16.0. The monoisotopic (exact) mass is 1970 g/mol. The molecule has 0 unspecified atom stereocenters. The molecule has 4 fully saturated rings. The fourth-order valence-corrected chi connectivity index (χ4v) is 25.9. The Kier molecular flexibility index (Phi) is 27.7. The van der Waals surface area contributed by atoms with Gasteiger partial charge in [0.15, 0.2) is 39.3 Å². The molecule has 5 aromatic heterocycles. The molecule has 136 heavy (non-hydrogen) atoms. The zero-order valence-corrected chi connectivity index (χ0v) is 79.4. The summed E-state index contributed by atoms with van der Waals surface area (Å²) in [4.78, 5) is 54.7. The first-order valence-electron chi connectivity index (χ1n) is 43.3. The largest absolute Gasteiger partial charge is 0.478 e. The van der Waals surface area contributed by atoms with Crippen LogP contribution in [0, 0.1) is 25.5 Å². The molecule has 0 bridgehead atoms. The van der Waals surface area contributed by atoms with E-state index in [1.807, 2.05) is 129 Å². The van der Waals surface area contributed by atoms with Crippen LogP contribution in [0.25, 0.3) is 87.6 Å². The molecular weight excluding hydrogens is 1880 g/mol. The zero-order valence-electron chi connectivity index (χ0n) is 72.9. The molecule has 16 aromatic rings. The van der Waals surface area contributed by atoms with Gasteiger partial charge in [0.2, 0.25) is 0 Å².